The Hall–Kier alpha value is -7.12. The van der Waals surface area contributed by atoms with Crippen LogP contribution in [-0.4, -0.2) is 191 Å². The number of Topliss-reactive ketones (excluding diaryl/α,β-unsaturated/α-hetero) is 2. The second kappa shape index (κ2) is 25.9. The summed E-state index contributed by atoms with van der Waals surface area (Å²) in [5, 5.41) is 118. The van der Waals surface area contributed by atoms with Gasteiger partial charge in [0.25, 0.3) is 11.5 Å². The molecular weight excluding hydrogens is 926 g/mol. The van der Waals surface area contributed by atoms with Crippen molar-refractivity contribution in [2.24, 2.45) is 11.8 Å². The zero-order valence-electron chi connectivity index (χ0n) is 36.4. The summed E-state index contributed by atoms with van der Waals surface area (Å²) in [6.07, 6.45) is -17.0. The summed E-state index contributed by atoms with van der Waals surface area (Å²) in [5.41, 5.74) is 5.68. The molecule has 2 aromatic heterocycles. The first kappa shape index (κ1) is 56.2. The van der Waals surface area contributed by atoms with Crippen molar-refractivity contribution in [3.05, 3.63) is 52.1 Å². The smallest absolute Gasteiger partial charge is 0.326 e. The third-order valence-electron chi connectivity index (χ3n) is 10.4. The predicted molar refractivity (Wildman–Crippen MR) is 230 cm³/mol. The Kier molecular flexibility index (Phi) is 21.1. The first-order chi connectivity index (χ1) is 32.4. The number of benzene rings is 1. The van der Waals surface area contributed by atoms with Gasteiger partial charge in [0, 0.05) is 30.5 Å². The molecule has 0 aliphatic heterocycles. The number of hydrogen-bond donors (Lipinski definition) is 17. The van der Waals surface area contributed by atoms with E-state index in [1.807, 2.05) is 10.6 Å². The number of carbonyl (C=O) groups is 8. The highest BCUT2D eigenvalue weighted by atomic mass is 16.4. The molecule has 3 amide bonds. The second-order valence-electron chi connectivity index (χ2n) is 15.7. The molecule has 3 rings (SSSR count). The van der Waals surface area contributed by atoms with Crippen LogP contribution in [-0.2, 0) is 40.1 Å². The Balaban J connectivity index is 1.71. The summed E-state index contributed by atoms with van der Waals surface area (Å²) in [7, 11) is 0. The summed E-state index contributed by atoms with van der Waals surface area (Å²) in [4.78, 5) is 128. The van der Waals surface area contributed by atoms with Gasteiger partial charge < -0.3 is 83.2 Å². The summed E-state index contributed by atoms with van der Waals surface area (Å²) >= 11 is 0. The molecule has 29 nitrogen and oxygen atoms in total. The molecule has 18 N–H and O–H groups in total. The van der Waals surface area contributed by atoms with E-state index in [2.05, 4.69) is 30.6 Å². The Labute approximate surface area is 388 Å². The van der Waals surface area contributed by atoms with E-state index in [0.29, 0.717) is 11.4 Å². The van der Waals surface area contributed by atoms with Crippen molar-refractivity contribution in [3.8, 4) is 0 Å². The van der Waals surface area contributed by atoms with Crippen LogP contribution in [0.2, 0.25) is 0 Å². The predicted octanol–water partition coefficient (Wildman–Crippen LogP) is -6.28. The van der Waals surface area contributed by atoms with Crippen LogP contribution in [0.3, 0.4) is 0 Å². The fraction of sp³-hybridized carbons (Fsp3) is 0.500. The van der Waals surface area contributed by atoms with Crippen molar-refractivity contribution < 1.29 is 94.5 Å². The molecule has 2 heterocycles. The summed E-state index contributed by atoms with van der Waals surface area (Å²) in [5.74, 6) is -14.9. The number of amides is 3. The molecule has 0 unspecified atom stereocenters. The lowest BCUT2D eigenvalue weighted by molar-refractivity contribution is -0.149. The number of fused-ring (bicyclic) bond motifs is 1. The maximum atomic E-state index is 13.5. The molecule has 0 saturated heterocycles. The van der Waals surface area contributed by atoms with Gasteiger partial charge in [0.2, 0.25) is 17.8 Å². The van der Waals surface area contributed by atoms with Crippen LogP contribution in [0.4, 0.5) is 11.6 Å². The summed E-state index contributed by atoms with van der Waals surface area (Å²) < 4.78 is 0. The number of aliphatic hydroxyl groups excluding tert-OH is 8. The lowest BCUT2D eigenvalue weighted by atomic mass is 9.88. The number of nitrogens with one attached hydrogen (secondary N) is 5. The summed E-state index contributed by atoms with van der Waals surface area (Å²) in [6.45, 7) is -1.18. The Morgan fingerprint density at radius 2 is 1.32 bits per heavy atom. The maximum Gasteiger partial charge on any atom is 0.326 e. The monoisotopic (exact) mass is 979 g/mol. The third-order valence-corrected chi connectivity index (χ3v) is 10.4. The molecule has 378 valence electrons. The Morgan fingerprint density at radius 1 is 0.725 bits per heavy atom. The SMILES string of the molecule is C[C@H](CC(=O)[C@@H](NC(=O)C[C@H](NC(=O)[C@@H](CC(=O)CC[C@H](NC(=O)c1ccc(NCc2cnc3nc(N)[nH]c(=O)c3n2)cc1)C(=O)O)[C@@H](O)[C@H](O)[C@H](O)CO)C(=O)O)[C@@H](O)[C@H](O)[C@H](O)CO)C(=O)O. The van der Waals surface area contributed by atoms with Gasteiger partial charge in [0.05, 0.1) is 56.0 Å². The topological polar surface area (TPSA) is 505 Å². The first-order valence-electron chi connectivity index (χ1n) is 20.7. The van der Waals surface area contributed by atoms with Gasteiger partial charge in [-0.05, 0) is 30.7 Å². The van der Waals surface area contributed by atoms with Gasteiger partial charge >= 0.3 is 17.9 Å². The van der Waals surface area contributed by atoms with Crippen LogP contribution >= 0.6 is 0 Å². The molecule has 0 saturated carbocycles. The van der Waals surface area contributed by atoms with E-state index in [9.17, 15) is 94.2 Å². The van der Waals surface area contributed by atoms with Gasteiger partial charge in [0.1, 0.15) is 54.4 Å². The normalized spacial score (nSPS) is 16.2. The van der Waals surface area contributed by atoms with E-state index in [1.165, 1.54) is 30.5 Å². The zero-order chi connectivity index (χ0) is 51.9. The number of ketones is 2. The highest BCUT2D eigenvalue weighted by molar-refractivity contribution is 5.97. The standard InChI is InChI=1S/C40H53N9O20/c1-15(37(64)65)8-23(53)27(32(60)31(59)25(55)14-51)47-26(56)10-22(39(68)69)46-35(62)20(29(57)30(58)24(54)13-50)9-19(52)6-7-21(38(66)67)45-34(61)16-2-4-17(5-3-16)42-11-18-12-43-33-28(44-18)36(63)49-40(41)48-33/h2-5,12,15,20-22,24-25,27,29-32,42,50-51,54-55,57-60H,6-11,13-14H2,1H3,(H,45,61)(H,46,62)(H,47,56)(H,64,65)(H,66,67)(H,68,69)(H3,41,43,48,49,63)/t15-,20+,21+,22+,24-,25-,27-,29-,30-,31-,32-/m1/s1. The maximum absolute atomic E-state index is 13.5. The number of carboxylic acid groups (broad SMARTS) is 3. The van der Waals surface area contributed by atoms with Gasteiger partial charge in [-0.3, -0.25) is 38.5 Å². The van der Waals surface area contributed by atoms with Crippen molar-refractivity contribution >= 4 is 70.0 Å². The number of aromatic amines is 1. The minimum absolute atomic E-state index is 0.0269. The summed E-state index contributed by atoms with van der Waals surface area (Å²) in [6, 6.07) is -0.675. The highest BCUT2D eigenvalue weighted by Crippen LogP contribution is 2.20. The van der Waals surface area contributed by atoms with E-state index in [1.54, 1.807) is 0 Å². The molecule has 69 heavy (non-hydrogen) atoms. The van der Waals surface area contributed by atoms with Crippen molar-refractivity contribution in [1.29, 1.82) is 0 Å². The van der Waals surface area contributed by atoms with Gasteiger partial charge in [-0.1, -0.05) is 6.92 Å². The third kappa shape index (κ3) is 16.3. The number of carbonyl (C=O) groups excluding carboxylic acids is 5. The molecule has 0 radical (unpaired) electrons. The van der Waals surface area contributed by atoms with Crippen LogP contribution < -0.4 is 32.6 Å². The number of hydrogen-bond acceptors (Lipinski definition) is 22. The number of aromatic nitrogens is 4. The van der Waals surface area contributed by atoms with E-state index >= 15 is 0 Å². The molecule has 0 bridgehead atoms. The fourth-order valence-corrected chi connectivity index (χ4v) is 6.38. The van der Waals surface area contributed by atoms with Crippen LogP contribution in [0.15, 0.2) is 35.3 Å². The number of aliphatic carboxylic acids is 3. The lowest BCUT2D eigenvalue weighted by Crippen LogP contribution is -2.57. The van der Waals surface area contributed by atoms with Crippen molar-refractivity contribution in [1.82, 2.24) is 35.9 Å². The fourth-order valence-electron chi connectivity index (χ4n) is 6.38. The molecule has 0 spiro atoms. The molecule has 29 heteroatoms. The molecular formula is C40H53N9O20. The largest absolute Gasteiger partial charge is 0.481 e. The molecule has 3 aromatic rings. The molecule has 0 aliphatic rings. The molecule has 0 aliphatic carbocycles. The number of H-pyrrole nitrogens is 1. The number of rotatable bonds is 29. The molecule has 11 atom stereocenters. The van der Waals surface area contributed by atoms with E-state index in [-0.39, 0.29) is 29.2 Å². The number of anilines is 2. The molecule has 0 fully saturated rings. The number of nitrogens with zero attached hydrogens (tertiary/aromatic N) is 3. The van der Waals surface area contributed by atoms with Gasteiger partial charge in [-0.25, -0.2) is 19.6 Å². The van der Waals surface area contributed by atoms with Crippen molar-refractivity contribution in [2.45, 2.75) is 100 Å². The number of nitrogens with two attached hydrogens (primary N) is 1. The van der Waals surface area contributed by atoms with Crippen molar-refractivity contribution in [2.75, 3.05) is 24.3 Å². The Bertz CT molecular complexity index is 2390. The zero-order valence-corrected chi connectivity index (χ0v) is 36.4. The van der Waals surface area contributed by atoms with E-state index < -0.39 is 165 Å². The minimum atomic E-state index is -2.44. The number of aliphatic hydroxyl groups is 8. The quantitative estimate of drug-likeness (QED) is 0.0308. The average molecular weight is 980 g/mol. The van der Waals surface area contributed by atoms with Crippen LogP contribution in [0.1, 0.15) is 55.1 Å². The van der Waals surface area contributed by atoms with Crippen LogP contribution in [0.5, 0.6) is 0 Å². The number of nitrogen functional groups attached to an aromatic ring is 1. The minimum Gasteiger partial charge on any atom is -0.481 e. The van der Waals surface area contributed by atoms with E-state index in [4.69, 9.17) is 10.8 Å². The lowest BCUT2D eigenvalue weighted by Gasteiger charge is -2.30. The van der Waals surface area contributed by atoms with Gasteiger partial charge in [-0.15, -0.1) is 0 Å². The van der Waals surface area contributed by atoms with Crippen LogP contribution in [0, 0.1) is 11.8 Å². The molecule has 1 aromatic carbocycles. The first-order valence-corrected chi connectivity index (χ1v) is 20.7. The average Bonchev–Trinajstić information content (AvgIpc) is 3.31. The van der Waals surface area contributed by atoms with Gasteiger partial charge in [0.15, 0.2) is 16.9 Å². The van der Waals surface area contributed by atoms with E-state index in [0.717, 1.165) is 6.92 Å². The van der Waals surface area contributed by atoms with Gasteiger partial charge in [-0.2, -0.15) is 4.98 Å². The van der Waals surface area contributed by atoms with Crippen molar-refractivity contribution in [3.63, 3.8) is 0 Å². The number of carboxylic acids is 3. The highest BCUT2D eigenvalue weighted by Gasteiger charge is 2.41. The van der Waals surface area contributed by atoms with Crippen LogP contribution in [0.25, 0.3) is 11.2 Å². The Morgan fingerprint density at radius 3 is 1.88 bits per heavy atom. The second-order valence-corrected chi connectivity index (χ2v) is 15.7.